The van der Waals surface area contributed by atoms with Crippen molar-refractivity contribution in [2.75, 3.05) is 6.26 Å². The lowest BCUT2D eigenvalue weighted by Crippen LogP contribution is -2.17. The zero-order valence-corrected chi connectivity index (χ0v) is 17.4. The highest BCUT2D eigenvalue weighted by Gasteiger charge is 2.35. The second-order valence-electron chi connectivity index (χ2n) is 7.04. The highest BCUT2D eigenvalue weighted by atomic mass is 35.5. The molecule has 0 N–H and O–H groups in total. The molecule has 0 spiro atoms. The van der Waals surface area contributed by atoms with Gasteiger partial charge in [-0.15, -0.1) is 0 Å². The molecule has 0 aliphatic heterocycles. The molecule has 3 nitrogen and oxygen atoms in total. The van der Waals surface area contributed by atoms with Gasteiger partial charge in [0.2, 0.25) is 0 Å². The fourth-order valence-electron chi connectivity index (χ4n) is 3.19. The number of benzene rings is 2. The number of halogens is 5. The Morgan fingerprint density at radius 3 is 2.33 bits per heavy atom. The lowest BCUT2D eigenvalue weighted by Gasteiger charge is -2.25. The Kier molecular flexibility index (Phi) is 6.02. The third kappa shape index (κ3) is 5.05. The summed E-state index contributed by atoms with van der Waals surface area (Å²) in [4.78, 5) is -0.228. The van der Waals surface area contributed by atoms with Gasteiger partial charge in [-0.25, -0.2) is 12.8 Å². The number of alkyl halides is 3. The molecule has 9 heteroatoms. The van der Waals surface area contributed by atoms with Gasteiger partial charge in [-0.3, -0.25) is 0 Å². The molecule has 0 heterocycles. The third-order valence-electron chi connectivity index (χ3n) is 4.66. The molecular formula is C21H17ClF4O3S. The predicted octanol–water partition coefficient (Wildman–Crippen LogP) is 6.45. The van der Waals surface area contributed by atoms with Crippen LogP contribution in [0.25, 0.3) is 0 Å². The minimum absolute atomic E-state index is 0.0251. The van der Waals surface area contributed by atoms with Crippen LogP contribution < -0.4 is 4.74 Å². The van der Waals surface area contributed by atoms with Crippen molar-refractivity contribution in [3.63, 3.8) is 0 Å². The van der Waals surface area contributed by atoms with Crippen LogP contribution in [0.15, 0.2) is 65.1 Å². The van der Waals surface area contributed by atoms with E-state index in [1.807, 2.05) is 0 Å². The molecule has 0 amide bonds. The first-order valence-electron chi connectivity index (χ1n) is 8.80. The quantitative estimate of drug-likeness (QED) is 0.492. The summed E-state index contributed by atoms with van der Waals surface area (Å²) in [6.07, 6.45) is 0.192. The largest absolute Gasteiger partial charge is 0.457 e. The number of allylic oxidation sites excluding steroid dienone is 4. The monoisotopic (exact) mass is 460 g/mol. The summed E-state index contributed by atoms with van der Waals surface area (Å²) in [6, 6.07) is 7.72. The first kappa shape index (κ1) is 22.4. The van der Waals surface area contributed by atoms with E-state index in [-0.39, 0.29) is 27.3 Å². The average Bonchev–Trinajstić information content (AvgIpc) is 2.60. The van der Waals surface area contributed by atoms with Gasteiger partial charge < -0.3 is 4.74 Å². The van der Waals surface area contributed by atoms with Gasteiger partial charge in [-0.05, 0) is 35.7 Å². The molecule has 2 unspecified atom stereocenters. The predicted molar refractivity (Wildman–Crippen MR) is 106 cm³/mol. The fourth-order valence-corrected chi connectivity index (χ4v) is 4.14. The van der Waals surface area contributed by atoms with Crippen LogP contribution in [0.2, 0.25) is 5.02 Å². The summed E-state index contributed by atoms with van der Waals surface area (Å²) in [6.45, 7) is 1.67. The normalized spacial score (nSPS) is 19.5. The molecule has 0 fully saturated rings. The van der Waals surface area contributed by atoms with Crippen molar-refractivity contribution in [1.82, 2.24) is 0 Å². The number of sulfone groups is 1. The molecule has 0 radical (unpaired) electrons. The molecule has 3 rings (SSSR count). The molecule has 2 aromatic carbocycles. The van der Waals surface area contributed by atoms with E-state index in [4.69, 9.17) is 16.3 Å². The maximum Gasteiger partial charge on any atom is 0.416 e. The van der Waals surface area contributed by atoms with Gasteiger partial charge >= 0.3 is 6.18 Å². The van der Waals surface area contributed by atoms with Gasteiger partial charge in [0, 0.05) is 23.3 Å². The van der Waals surface area contributed by atoms with Crippen LogP contribution in [0.5, 0.6) is 11.5 Å². The smallest absolute Gasteiger partial charge is 0.416 e. The van der Waals surface area contributed by atoms with Gasteiger partial charge in [0.25, 0.3) is 0 Å². The minimum atomic E-state index is -4.41. The Balaban J connectivity index is 1.85. The summed E-state index contributed by atoms with van der Waals surface area (Å²) in [5.41, 5.74) is -0.0866. The van der Waals surface area contributed by atoms with Gasteiger partial charge in [0.1, 0.15) is 17.3 Å². The molecule has 2 aromatic rings. The number of ether oxygens (including phenoxy) is 1. The van der Waals surface area contributed by atoms with E-state index >= 15 is 0 Å². The third-order valence-corrected chi connectivity index (χ3v) is 6.08. The standard InChI is InChI=1S/C21H17ClF4O3S/c1-12-7-13(21(24,25)26)3-5-18(12)19-6-4-15(11-20(19)22)29-16-8-14(23)9-17(10-16)30(2,27)28/h3-12,18H,1-2H3. The SMILES string of the molecule is CC1C=C(C(F)(F)F)C=CC1c1ccc(Oc2cc(F)cc(S(C)(=O)=O)c2)cc1Cl. The van der Waals surface area contributed by atoms with Crippen LogP contribution in [0.4, 0.5) is 17.6 Å². The lowest BCUT2D eigenvalue weighted by atomic mass is 9.82. The maximum atomic E-state index is 13.7. The summed E-state index contributed by atoms with van der Waals surface area (Å²) < 4.78 is 81.3. The zero-order chi connectivity index (χ0) is 22.3. The van der Waals surface area contributed by atoms with Crippen LogP contribution in [0, 0.1) is 11.7 Å². The van der Waals surface area contributed by atoms with Crippen molar-refractivity contribution >= 4 is 21.4 Å². The van der Waals surface area contributed by atoms with Crippen molar-refractivity contribution in [3.05, 3.63) is 76.6 Å². The molecule has 160 valence electrons. The van der Waals surface area contributed by atoms with E-state index < -0.39 is 33.3 Å². The van der Waals surface area contributed by atoms with Crippen LogP contribution in [-0.4, -0.2) is 20.8 Å². The van der Waals surface area contributed by atoms with E-state index in [1.54, 1.807) is 13.0 Å². The molecule has 0 saturated carbocycles. The van der Waals surface area contributed by atoms with Crippen LogP contribution in [0.3, 0.4) is 0 Å². The Labute approximate surface area is 176 Å². The Bertz CT molecular complexity index is 1140. The van der Waals surface area contributed by atoms with Gasteiger partial charge in [-0.1, -0.05) is 42.8 Å². The van der Waals surface area contributed by atoms with Crippen LogP contribution in [0.1, 0.15) is 18.4 Å². The first-order valence-corrected chi connectivity index (χ1v) is 11.1. The molecule has 30 heavy (non-hydrogen) atoms. The second kappa shape index (κ2) is 8.07. The summed E-state index contributed by atoms with van der Waals surface area (Å²) in [5, 5.41) is 0.262. The molecule has 0 aromatic heterocycles. The van der Waals surface area contributed by atoms with Crippen molar-refractivity contribution < 1.29 is 30.7 Å². The van der Waals surface area contributed by atoms with Crippen LogP contribution in [-0.2, 0) is 9.84 Å². The molecular weight excluding hydrogens is 444 g/mol. The highest BCUT2D eigenvalue weighted by molar-refractivity contribution is 7.90. The van der Waals surface area contributed by atoms with Crippen molar-refractivity contribution in [3.8, 4) is 11.5 Å². The number of hydrogen-bond acceptors (Lipinski definition) is 3. The van der Waals surface area contributed by atoms with E-state index in [1.165, 1.54) is 24.3 Å². The van der Waals surface area contributed by atoms with E-state index in [2.05, 4.69) is 0 Å². The van der Waals surface area contributed by atoms with E-state index in [9.17, 15) is 26.0 Å². The molecule has 1 aliphatic carbocycles. The van der Waals surface area contributed by atoms with Gasteiger partial charge in [-0.2, -0.15) is 13.2 Å². The average molecular weight is 461 g/mol. The topological polar surface area (TPSA) is 43.4 Å². The van der Waals surface area contributed by atoms with Gasteiger partial charge in [0.05, 0.1) is 10.5 Å². The van der Waals surface area contributed by atoms with Crippen molar-refractivity contribution in [2.45, 2.75) is 23.9 Å². The molecule has 0 bridgehead atoms. The van der Waals surface area contributed by atoms with Crippen molar-refractivity contribution in [1.29, 1.82) is 0 Å². The van der Waals surface area contributed by atoms with E-state index in [0.29, 0.717) is 5.56 Å². The van der Waals surface area contributed by atoms with Crippen molar-refractivity contribution in [2.24, 2.45) is 5.92 Å². The minimum Gasteiger partial charge on any atom is -0.457 e. The second-order valence-corrected chi connectivity index (χ2v) is 9.47. The Hall–Kier alpha value is -2.32. The maximum absolute atomic E-state index is 13.7. The summed E-state index contributed by atoms with van der Waals surface area (Å²) >= 11 is 6.33. The number of rotatable bonds is 4. The highest BCUT2D eigenvalue weighted by Crippen LogP contribution is 2.40. The molecule has 1 aliphatic rings. The zero-order valence-electron chi connectivity index (χ0n) is 15.9. The van der Waals surface area contributed by atoms with Gasteiger partial charge in [0.15, 0.2) is 9.84 Å². The number of hydrogen-bond donors (Lipinski definition) is 0. The first-order chi connectivity index (χ1) is 13.8. The lowest BCUT2D eigenvalue weighted by molar-refractivity contribution is -0.0889. The molecule has 2 atom stereocenters. The summed E-state index contributed by atoms with van der Waals surface area (Å²) in [7, 11) is -3.63. The Morgan fingerprint density at radius 1 is 1.07 bits per heavy atom. The Morgan fingerprint density at radius 2 is 1.77 bits per heavy atom. The van der Waals surface area contributed by atoms with Crippen LogP contribution >= 0.6 is 11.6 Å². The fraction of sp³-hybridized carbons (Fsp3) is 0.238. The summed E-state index contributed by atoms with van der Waals surface area (Å²) in [5.74, 6) is -1.36. The molecule has 0 saturated heterocycles. The van der Waals surface area contributed by atoms with E-state index in [0.717, 1.165) is 30.5 Å².